The van der Waals surface area contributed by atoms with Crippen molar-refractivity contribution in [3.63, 3.8) is 0 Å². The van der Waals surface area contributed by atoms with E-state index in [0.29, 0.717) is 0 Å². The minimum absolute atomic E-state index is 0.946. The van der Waals surface area contributed by atoms with Gasteiger partial charge in [0.2, 0.25) is 0 Å². The maximum Gasteiger partial charge on any atom is 0.0945 e. The number of nitrogens with zero attached hydrogens (tertiary/aromatic N) is 2. The lowest BCUT2D eigenvalue weighted by atomic mass is 10.1. The van der Waals surface area contributed by atoms with Crippen LogP contribution in [0.3, 0.4) is 0 Å². The molecule has 3 nitrogen and oxygen atoms in total. The number of rotatable bonds is 4. The minimum atomic E-state index is 0.946. The molecule has 0 radical (unpaired) electrons. The second kappa shape index (κ2) is 5.21. The van der Waals surface area contributed by atoms with Crippen molar-refractivity contribution in [2.24, 2.45) is 0 Å². The van der Waals surface area contributed by atoms with Gasteiger partial charge in [-0.1, -0.05) is 0 Å². The Labute approximate surface area is 118 Å². The van der Waals surface area contributed by atoms with Gasteiger partial charge in [0.25, 0.3) is 0 Å². The Morgan fingerprint density at radius 2 is 2.32 bits per heavy atom. The molecule has 1 aromatic carbocycles. The molecule has 0 unspecified atom stereocenters. The summed E-state index contributed by atoms with van der Waals surface area (Å²) in [6, 6.07) is 6.68. The Morgan fingerprint density at radius 3 is 3.11 bits per heavy atom. The molecular weight excluding hydrogens is 254 g/mol. The Kier molecular flexibility index (Phi) is 3.42. The van der Waals surface area contributed by atoms with Crippen LogP contribution in [0, 0.1) is 6.92 Å². The van der Waals surface area contributed by atoms with Gasteiger partial charge in [0.05, 0.1) is 5.01 Å². The second-order valence-electron chi connectivity index (χ2n) is 5.07. The quantitative estimate of drug-likeness (QED) is 0.928. The molecular formula is C15H19N3S. The molecule has 1 aliphatic rings. The van der Waals surface area contributed by atoms with Gasteiger partial charge in [-0.25, -0.2) is 4.98 Å². The van der Waals surface area contributed by atoms with Crippen molar-refractivity contribution in [1.82, 2.24) is 4.98 Å². The Bertz CT molecular complexity index is 577. The van der Waals surface area contributed by atoms with Crippen LogP contribution in [-0.4, -0.2) is 25.1 Å². The number of hydrogen-bond acceptors (Lipinski definition) is 4. The largest absolute Gasteiger partial charge is 0.385 e. The maximum absolute atomic E-state index is 4.48. The third-order valence-corrected chi connectivity index (χ3v) is 4.57. The summed E-state index contributed by atoms with van der Waals surface area (Å²) in [4.78, 5) is 6.80. The molecule has 2 heterocycles. The molecule has 0 fully saturated rings. The van der Waals surface area contributed by atoms with Crippen LogP contribution >= 0.6 is 11.3 Å². The normalized spacial score (nSPS) is 13.7. The van der Waals surface area contributed by atoms with Crippen LogP contribution in [0.1, 0.15) is 16.3 Å². The predicted octanol–water partition coefficient (Wildman–Crippen LogP) is 3.10. The first kappa shape index (κ1) is 12.5. The van der Waals surface area contributed by atoms with E-state index in [4.69, 9.17) is 0 Å². The van der Waals surface area contributed by atoms with Crippen LogP contribution in [0.5, 0.6) is 0 Å². The average molecular weight is 273 g/mol. The molecule has 0 saturated heterocycles. The number of aromatic nitrogens is 1. The van der Waals surface area contributed by atoms with Gasteiger partial charge in [0.1, 0.15) is 0 Å². The number of benzene rings is 1. The molecule has 0 spiro atoms. The number of nitrogens with one attached hydrogen (secondary N) is 1. The zero-order chi connectivity index (χ0) is 13.2. The summed E-state index contributed by atoms with van der Waals surface area (Å²) in [7, 11) is 2.16. The molecule has 0 atom stereocenters. The van der Waals surface area contributed by atoms with Gasteiger partial charge < -0.3 is 10.2 Å². The minimum Gasteiger partial charge on any atom is -0.385 e. The van der Waals surface area contributed by atoms with Crippen molar-refractivity contribution in [3.05, 3.63) is 39.8 Å². The van der Waals surface area contributed by atoms with E-state index >= 15 is 0 Å². The van der Waals surface area contributed by atoms with Crippen molar-refractivity contribution in [1.29, 1.82) is 0 Å². The smallest absolute Gasteiger partial charge is 0.0945 e. The average Bonchev–Trinajstić information content (AvgIpc) is 2.97. The summed E-state index contributed by atoms with van der Waals surface area (Å²) in [6.45, 7) is 4.13. The van der Waals surface area contributed by atoms with Crippen LogP contribution < -0.4 is 10.2 Å². The molecule has 1 aromatic heterocycles. The van der Waals surface area contributed by atoms with E-state index < -0.39 is 0 Å². The molecule has 0 saturated carbocycles. The van der Waals surface area contributed by atoms with Crippen molar-refractivity contribution in [2.45, 2.75) is 19.8 Å². The van der Waals surface area contributed by atoms with Gasteiger partial charge in [-0.3, -0.25) is 0 Å². The molecule has 100 valence electrons. The van der Waals surface area contributed by atoms with E-state index in [9.17, 15) is 0 Å². The number of hydrogen-bond donors (Lipinski definition) is 1. The first-order valence-corrected chi connectivity index (χ1v) is 7.59. The Balaban J connectivity index is 1.59. The standard InChI is InChI=1S/C15H19N3S/c1-11-10-19-15(17-11)5-7-16-13-3-4-14-12(9-13)6-8-18(14)2/h3-4,9-10,16H,5-8H2,1-2H3. The summed E-state index contributed by atoms with van der Waals surface area (Å²) in [5, 5.41) is 6.82. The highest BCUT2D eigenvalue weighted by Crippen LogP contribution is 2.29. The van der Waals surface area contributed by atoms with E-state index in [-0.39, 0.29) is 0 Å². The topological polar surface area (TPSA) is 28.2 Å². The molecule has 1 N–H and O–H groups in total. The van der Waals surface area contributed by atoms with Crippen LogP contribution in [0.15, 0.2) is 23.6 Å². The fourth-order valence-corrected chi connectivity index (χ4v) is 3.28. The lowest BCUT2D eigenvalue weighted by Crippen LogP contribution is -2.12. The number of aryl methyl sites for hydroxylation is 1. The molecule has 2 aromatic rings. The fraction of sp³-hybridized carbons (Fsp3) is 0.400. The fourth-order valence-electron chi connectivity index (χ4n) is 2.51. The van der Waals surface area contributed by atoms with Crippen molar-refractivity contribution in [3.8, 4) is 0 Å². The van der Waals surface area contributed by atoms with Gasteiger partial charge in [0.15, 0.2) is 0 Å². The predicted molar refractivity (Wildman–Crippen MR) is 82.5 cm³/mol. The van der Waals surface area contributed by atoms with Crippen molar-refractivity contribution >= 4 is 22.7 Å². The van der Waals surface area contributed by atoms with Gasteiger partial charge in [-0.05, 0) is 37.1 Å². The van der Waals surface area contributed by atoms with Crippen molar-refractivity contribution in [2.75, 3.05) is 30.4 Å². The van der Waals surface area contributed by atoms with Gasteiger partial charge in [-0.15, -0.1) is 11.3 Å². The van der Waals surface area contributed by atoms with Crippen LogP contribution in [-0.2, 0) is 12.8 Å². The monoisotopic (exact) mass is 273 g/mol. The SMILES string of the molecule is Cc1csc(CCNc2ccc3c(c2)CCN3C)n1. The van der Waals surface area contributed by atoms with E-state index in [1.54, 1.807) is 11.3 Å². The lowest BCUT2D eigenvalue weighted by Gasteiger charge is -2.12. The summed E-state index contributed by atoms with van der Waals surface area (Å²) < 4.78 is 0. The third-order valence-electron chi connectivity index (χ3n) is 3.54. The van der Waals surface area contributed by atoms with E-state index in [0.717, 1.165) is 31.6 Å². The maximum atomic E-state index is 4.48. The summed E-state index contributed by atoms with van der Waals surface area (Å²) in [5.41, 5.74) is 5.18. The first-order chi connectivity index (χ1) is 9.22. The molecule has 0 aliphatic carbocycles. The van der Waals surface area contributed by atoms with E-state index in [2.05, 4.69) is 45.8 Å². The number of likely N-dealkylation sites (N-methyl/N-ethyl adjacent to an activating group) is 1. The molecule has 19 heavy (non-hydrogen) atoms. The highest BCUT2D eigenvalue weighted by molar-refractivity contribution is 7.09. The molecule has 0 amide bonds. The molecule has 0 bridgehead atoms. The highest BCUT2D eigenvalue weighted by Gasteiger charge is 2.15. The van der Waals surface area contributed by atoms with Gasteiger partial charge >= 0.3 is 0 Å². The number of anilines is 2. The summed E-state index contributed by atoms with van der Waals surface area (Å²) in [5.74, 6) is 0. The lowest BCUT2D eigenvalue weighted by molar-refractivity contribution is 0.956. The van der Waals surface area contributed by atoms with E-state index in [1.165, 1.54) is 21.9 Å². The summed E-state index contributed by atoms with van der Waals surface area (Å²) >= 11 is 1.75. The van der Waals surface area contributed by atoms with Crippen LogP contribution in [0.2, 0.25) is 0 Å². The van der Waals surface area contributed by atoms with Gasteiger partial charge in [0, 0.05) is 49.0 Å². The van der Waals surface area contributed by atoms with Crippen LogP contribution in [0.25, 0.3) is 0 Å². The first-order valence-electron chi connectivity index (χ1n) is 6.71. The van der Waals surface area contributed by atoms with E-state index in [1.807, 2.05) is 6.92 Å². The summed E-state index contributed by atoms with van der Waals surface area (Å²) in [6.07, 6.45) is 2.16. The highest BCUT2D eigenvalue weighted by atomic mass is 32.1. The van der Waals surface area contributed by atoms with Crippen molar-refractivity contribution < 1.29 is 0 Å². The van der Waals surface area contributed by atoms with Gasteiger partial charge in [-0.2, -0.15) is 0 Å². The second-order valence-corrected chi connectivity index (χ2v) is 6.02. The molecule has 3 rings (SSSR count). The number of thiazole rings is 1. The zero-order valence-electron chi connectivity index (χ0n) is 11.4. The van der Waals surface area contributed by atoms with Crippen LogP contribution in [0.4, 0.5) is 11.4 Å². The Morgan fingerprint density at radius 1 is 1.42 bits per heavy atom. The molecule has 1 aliphatic heterocycles. The molecule has 4 heteroatoms. The zero-order valence-corrected chi connectivity index (χ0v) is 12.3. The Hall–Kier alpha value is -1.55. The number of fused-ring (bicyclic) bond motifs is 1. The third kappa shape index (κ3) is 2.73.